The van der Waals surface area contributed by atoms with Crippen molar-refractivity contribution in [3.63, 3.8) is 0 Å². The molecule has 0 aliphatic rings. The van der Waals surface area contributed by atoms with E-state index < -0.39 is 8.07 Å². The van der Waals surface area contributed by atoms with Crippen LogP contribution < -0.4 is 0 Å². The average Bonchev–Trinajstić information content (AvgIpc) is 2.24. The molecular weight excluding hydrogens is 184 g/mol. The molecule has 0 atom stereocenters. The molecule has 0 unspecified atom stereocenters. The summed E-state index contributed by atoms with van der Waals surface area (Å²) < 4.78 is 0. The van der Waals surface area contributed by atoms with Crippen LogP contribution in [0.15, 0.2) is 11.8 Å². The Hall–Kier alpha value is -0.483. The van der Waals surface area contributed by atoms with E-state index in [1.165, 1.54) is 24.6 Å². The van der Waals surface area contributed by atoms with Crippen LogP contribution in [-0.4, -0.2) is 8.07 Å². The molecule has 0 saturated carbocycles. The molecule has 0 fully saturated rings. The smallest absolute Gasteiger partial charge is 0.0766 e. The van der Waals surface area contributed by atoms with Crippen molar-refractivity contribution in [2.45, 2.75) is 58.2 Å². The van der Waals surface area contributed by atoms with Gasteiger partial charge >= 0.3 is 0 Å². The van der Waals surface area contributed by atoms with Crippen molar-refractivity contribution in [2.24, 2.45) is 0 Å². The van der Waals surface area contributed by atoms with Gasteiger partial charge in [0.15, 0.2) is 0 Å². The molecule has 0 nitrogen and oxygen atoms in total. The van der Waals surface area contributed by atoms with Gasteiger partial charge in [0.2, 0.25) is 0 Å². The third kappa shape index (κ3) is 4.67. The molecule has 80 valence electrons. The molecule has 0 rings (SSSR count). The van der Waals surface area contributed by atoms with E-state index in [0.29, 0.717) is 0 Å². The Kier molecular flexibility index (Phi) is 7.61. The molecule has 0 aromatic rings. The van der Waals surface area contributed by atoms with E-state index in [9.17, 15) is 0 Å². The Morgan fingerprint density at radius 1 is 1.14 bits per heavy atom. The number of hydrogen-bond acceptors (Lipinski definition) is 0. The number of terminal acetylenes is 1. The van der Waals surface area contributed by atoms with E-state index in [0.717, 1.165) is 12.8 Å². The normalized spacial score (nSPS) is 11.9. The Labute approximate surface area is 90.8 Å². The maximum absolute atomic E-state index is 5.21. The van der Waals surface area contributed by atoms with Crippen LogP contribution in [0.5, 0.6) is 0 Å². The lowest BCUT2D eigenvalue weighted by Gasteiger charge is -2.23. The van der Waals surface area contributed by atoms with Crippen LogP contribution in [0.1, 0.15) is 40.0 Å². The third-order valence-corrected chi connectivity index (χ3v) is 8.44. The fraction of sp³-hybridized carbons (Fsp3) is 0.692. The third-order valence-electron chi connectivity index (χ3n) is 3.28. The second-order valence-corrected chi connectivity index (χ2v) is 9.10. The zero-order chi connectivity index (χ0) is 10.9. The van der Waals surface area contributed by atoms with Gasteiger partial charge in [0.1, 0.15) is 0 Å². The van der Waals surface area contributed by atoms with E-state index in [4.69, 9.17) is 6.42 Å². The molecule has 14 heavy (non-hydrogen) atoms. The highest BCUT2D eigenvalue weighted by atomic mass is 28.3. The number of unbranched alkanes of at least 4 members (excludes halogenated alkanes) is 2. The van der Waals surface area contributed by atoms with E-state index in [1.54, 1.807) is 0 Å². The summed E-state index contributed by atoms with van der Waals surface area (Å²) in [6.07, 6.45) is 10.8. The summed E-state index contributed by atoms with van der Waals surface area (Å²) in [6, 6.07) is 4.14. The van der Waals surface area contributed by atoms with Crippen LogP contribution in [-0.2, 0) is 0 Å². The van der Waals surface area contributed by atoms with E-state index in [1.807, 2.05) is 0 Å². The average molecular weight is 208 g/mol. The minimum absolute atomic E-state index is 0.920. The van der Waals surface area contributed by atoms with Crippen LogP contribution in [0.4, 0.5) is 0 Å². The molecule has 0 aliphatic carbocycles. The van der Waals surface area contributed by atoms with Crippen molar-refractivity contribution >= 4 is 8.07 Å². The van der Waals surface area contributed by atoms with Crippen LogP contribution in [0.3, 0.4) is 0 Å². The van der Waals surface area contributed by atoms with E-state index in [2.05, 4.69) is 38.5 Å². The molecule has 0 aromatic carbocycles. The Bertz CT molecular complexity index is 186. The van der Waals surface area contributed by atoms with Gasteiger partial charge in [-0.3, -0.25) is 0 Å². The molecule has 0 aromatic heterocycles. The molecule has 0 heterocycles. The predicted octanol–water partition coefficient (Wildman–Crippen LogP) is 4.39. The molecule has 0 saturated heterocycles. The zero-order valence-electron chi connectivity index (χ0n) is 9.97. The van der Waals surface area contributed by atoms with Gasteiger partial charge in [0.25, 0.3) is 0 Å². The van der Waals surface area contributed by atoms with Gasteiger partial charge in [0, 0.05) is 6.42 Å². The second kappa shape index (κ2) is 7.88. The molecule has 0 radical (unpaired) electrons. The van der Waals surface area contributed by atoms with Crippen molar-refractivity contribution in [1.29, 1.82) is 0 Å². The molecule has 0 spiro atoms. The minimum Gasteiger partial charge on any atom is -0.120 e. The van der Waals surface area contributed by atoms with E-state index >= 15 is 0 Å². The number of hydrogen-bond donors (Lipinski definition) is 0. The monoisotopic (exact) mass is 208 g/mol. The highest BCUT2D eigenvalue weighted by molar-refractivity contribution is 6.84. The number of allylic oxidation sites excluding steroid dienone is 1. The maximum Gasteiger partial charge on any atom is 0.0766 e. The fourth-order valence-electron chi connectivity index (χ4n) is 1.76. The summed E-state index contributed by atoms with van der Waals surface area (Å²) in [7, 11) is -1.01. The van der Waals surface area contributed by atoms with Crippen LogP contribution >= 0.6 is 0 Å². The summed E-state index contributed by atoms with van der Waals surface area (Å²) in [5.74, 6) is 2.68. The van der Waals surface area contributed by atoms with Gasteiger partial charge in [-0.25, -0.2) is 0 Å². The van der Waals surface area contributed by atoms with Gasteiger partial charge in [0.05, 0.1) is 8.07 Å². The summed E-state index contributed by atoms with van der Waals surface area (Å²) in [5, 5.41) is 0. The van der Waals surface area contributed by atoms with Gasteiger partial charge in [-0.2, -0.15) is 0 Å². The first-order chi connectivity index (χ1) is 6.74. The van der Waals surface area contributed by atoms with Gasteiger partial charge < -0.3 is 0 Å². The minimum atomic E-state index is -1.01. The SMILES string of the molecule is C#CCCC/C=C/[Si](CC)(CC)CC. The van der Waals surface area contributed by atoms with Crippen molar-refractivity contribution in [1.82, 2.24) is 0 Å². The first-order valence-electron chi connectivity index (χ1n) is 5.85. The second-order valence-electron chi connectivity index (χ2n) is 3.92. The summed E-state index contributed by atoms with van der Waals surface area (Å²) in [4.78, 5) is 0. The lowest BCUT2D eigenvalue weighted by molar-refractivity contribution is 0.886. The molecular formula is C13H24Si. The van der Waals surface area contributed by atoms with Gasteiger partial charge in [-0.05, 0) is 12.8 Å². The lowest BCUT2D eigenvalue weighted by atomic mass is 10.2. The highest BCUT2D eigenvalue weighted by Gasteiger charge is 2.22. The van der Waals surface area contributed by atoms with Gasteiger partial charge in [-0.15, -0.1) is 12.3 Å². The fourth-order valence-corrected chi connectivity index (χ4v) is 4.63. The standard InChI is InChI=1S/C13H24Si/c1-5-9-10-11-12-13-14(6-2,7-3)8-4/h1,12-13H,6-11H2,2-4H3/b13-12+. The summed E-state index contributed by atoms with van der Waals surface area (Å²) in [5.41, 5.74) is 2.55. The Morgan fingerprint density at radius 3 is 2.14 bits per heavy atom. The highest BCUT2D eigenvalue weighted by Crippen LogP contribution is 2.21. The largest absolute Gasteiger partial charge is 0.120 e. The van der Waals surface area contributed by atoms with Crippen LogP contribution in [0.25, 0.3) is 0 Å². The van der Waals surface area contributed by atoms with Crippen molar-refractivity contribution in [3.05, 3.63) is 11.8 Å². The van der Waals surface area contributed by atoms with Crippen LogP contribution in [0, 0.1) is 12.3 Å². The van der Waals surface area contributed by atoms with Crippen LogP contribution in [0.2, 0.25) is 18.1 Å². The lowest BCUT2D eigenvalue weighted by Crippen LogP contribution is -2.28. The molecule has 1 heteroatoms. The zero-order valence-corrected chi connectivity index (χ0v) is 11.0. The summed E-state index contributed by atoms with van der Waals surface area (Å²) in [6.45, 7) is 7.01. The maximum atomic E-state index is 5.21. The van der Waals surface area contributed by atoms with Crippen molar-refractivity contribution in [2.75, 3.05) is 0 Å². The predicted molar refractivity (Wildman–Crippen MR) is 69.0 cm³/mol. The topological polar surface area (TPSA) is 0 Å². The molecule has 0 bridgehead atoms. The van der Waals surface area contributed by atoms with Gasteiger partial charge in [-0.1, -0.05) is 50.7 Å². The Morgan fingerprint density at radius 2 is 1.71 bits per heavy atom. The molecule has 0 amide bonds. The van der Waals surface area contributed by atoms with Crippen molar-refractivity contribution in [3.8, 4) is 12.3 Å². The first kappa shape index (κ1) is 13.5. The summed E-state index contributed by atoms with van der Waals surface area (Å²) >= 11 is 0. The van der Waals surface area contributed by atoms with E-state index in [-0.39, 0.29) is 0 Å². The molecule has 0 N–H and O–H groups in total. The quantitative estimate of drug-likeness (QED) is 0.330. The Balaban J connectivity index is 3.97. The first-order valence-corrected chi connectivity index (χ1v) is 8.55. The molecule has 0 aliphatic heterocycles. The number of rotatable bonds is 7. The van der Waals surface area contributed by atoms with Crippen molar-refractivity contribution < 1.29 is 0 Å².